The van der Waals surface area contributed by atoms with Gasteiger partial charge in [0.15, 0.2) is 0 Å². The molecule has 1 aromatic carbocycles. The van der Waals surface area contributed by atoms with Gasteiger partial charge in [0.1, 0.15) is 5.75 Å². The average Bonchev–Trinajstić information content (AvgIpc) is 3.42. The summed E-state index contributed by atoms with van der Waals surface area (Å²) >= 11 is 1.55. The van der Waals surface area contributed by atoms with Gasteiger partial charge in [0, 0.05) is 29.9 Å². The van der Waals surface area contributed by atoms with Gasteiger partial charge >= 0.3 is 5.97 Å². The molecule has 0 atom stereocenters. The lowest BCUT2D eigenvalue weighted by Crippen LogP contribution is -2.09. The Labute approximate surface area is 157 Å². The third-order valence-electron chi connectivity index (χ3n) is 3.65. The molecule has 9 heteroatoms. The number of rotatable bonds is 6. The highest BCUT2D eigenvalue weighted by Gasteiger charge is 2.12. The Morgan fingerprint density at radius 1 is 1.15 bits per heavy atom. The minimum Gasteiger partial charge on any atom is -0.427 e. The normalized spacial score (nSPS) is 10.9. The van der Waals surface area contributed by atoms with E-state index in [2.05, 4.69) is 20.3 Å². The predicted octanol–water partition coefficient (Wildman–Crippen LogP) is 3.69. The summed E-state index contributed by atoms with van der Waals surface area (Å²) < 4.78 is 15.8. The molecule has 4 aromatic rings. The SMILES string of the molecule is Cc1nc(-c2ccc(OC(=O)CCc3nnc(-c4ccsc4)o3)cc2)no1. The van der Waals surface area contributed by atoms with Crippen molar-refractivity contribution >= 4 is 17.3 Å². The number of ether oxygens (including phenoxy) is 1. The van der Waals surface area contributed by atoms with Gasteiger partial charge in [0.05, 0.1) is 6.42 Å². The maximum atomic E-state index is 12.0. The minimum atomic E-state index is -0.381. The van der Waals surface area contributed by atoms with Gasteiger partial charge in [-0.3, -0.25) is 4.79 Å². The van der Waals surface area contributed by atoms with E-state index in [9.17, 15) is 4.79 Å². The standard InChI is InChI=1S/C18H14N4O4S/c1-11-19-17(22-26-11)12-2-4-14(5-3-12)24-16(23)7-6-15-20-21-18(25-15)13-8-9-27-10-13/h2-5,8-10H,6-7H2,1H3. The van der Waals surface area contributed by atoms with Crippen molar-refractivity contribution in [1.29, 1.82) is 0 Å². The second kappa shape index (κ2) is 7.50. The van der Waals surface area contributed by atoms with E-state index in [4.69, 9.17) is 13.7 Å². The van der Waals surface area contributed by atoms with Crippen LogP contribution in [0.4, 0.5) is 0 Å². The average molecular weight is 382 g/mol. The molecule has 0 fully saturated rings. The Morgan fingerprint density at radius 2 is 2.00 bits per heavy atom. The molecule has 8 nitrogen and oxygen atoms in total. The zero-order valence-electron chi connectivity index (χ0n) is 14.3. The van der Waals surface area contributed by atoms with Crippen molar-refractivity contribution in [2.24, 2.45) is 0 Å². The molecule has 0 radical (unpaired) electrons. The molecule has 4 rings (SSSR count). The van der Waals surface area contributed by atoms with Gasteiger partial charge in [-0.15, -0.1) is 10.2 Å². The summed E-state index contributed by atoms with van der Waals surface area (Å²) in [4.78, 5) is 16.2. The monoisotopic (exact) mass is 382 g/mol. The van der Waals surface area contributed by atoms with Crippen LogP contribution in [0.25, 0.3) is 22.8 Å². The molecule has 0 saturated carbocycles. The van der Waals surface area contributed by atoms with Crippen LogP contribution < -0.4 is 4.74 Å². The molecule has 0 spiro atoms. The van der Waals surface area contributed by atoms with Crippen molar-refractivity contribution < 1.29 is 18.5 Å². The Hall–Kier alpha value is -3.33. The van der Waals surface area contributed by atoms with Gasteiger partial charge < -0.3 is 13.7 Å². The number of hydrogen-bond donors (Lipinski definition) is 0. The lowest BCUT2D eigenvalue weighted by molar-refractivity contribution is -0.134. The topological polar surface area (TPSA) is 104 Å². The van der Waals surface area contributed by atoms with Gasteiger partial charge in [0.25, 0.3) is 0 Å². The summed E-state index contributed by atoms with van der Waals surface area (Å²) in [6.45, 7) is 1.72. The maximum Gasteiger partial charge on any atom is 0.311 e. The number of aromatic nitrogens is 4. The van der Waals surface area contributed by atoms with E-state index in [1.165, 1.54) is 0 Å². The van der Waals surface area contributed by atoms with Gasteiger partial charge in [0.2, 0.25) is 23.5 Å². The first-order chi connectivity index (χ1) is 13.2. The first kappa shape index (κ1) is 17.1. The van der Waals surface area contributed by atoms with E-state index in [0.717, 1.165) is 11.1 Å². The minimum absolute atomic E-state index is 0.136. The lowest BCUT2D eigenvalue weighted by Gasteiger charge is -2.03. The fraction of sp³-hybridized carbons (Fsp3) is 0.167. The Balaban J connectivity index is 1.31. The number of thiophene rings is 1. The molecule has 0 amide bonds. The van der Waals surface area contributed by atoms with Crippen LogP contribution in [0.3, 0.4) is 0 Å². The number of carbonyl (C=O) groups excluding carboxylic acids is 1. The van der Waals surface area contributed by atoms with Crippen molar-refractivity contribution in [2.75, 3.05) is 0 Å². The van der Waals surface area contributed by atoms with Crippen molar-refractivity contribution in [1.82, 2.24) is 20.3 Å². The van der Waals surface area contributed by atoms with Gasteiger partial charge in [-0.2, -0.15) is 16.3 Å². The molecule has 0 aliphatic rings. The van der Waals surface area contributed by atoms with E-state index >= 15 is 0 Å². The van der Waals surface area contributed by atoms with Gasteiger partial charge in [-0.25, -0.2) is 0 Å². The highest BCUT2D eigenvalue weighted by Crippen LogP contribution is 2.22. The molecule has 0 aliphatic heterocycles. The van der Waals surface area contributed by atoms with Crippen molar-refractivity contribution in [2.45, 2.75) is 19.8 Å². The molecule has 27 heavy (non-hydrogen) atoms. The van der Waals surface area contributed by atoms with Crippen LogP contribution in [-0.2, 0) is 11.2 Å². The van der Waals surface area contributed by atoms with Crippen molar-refractivity contribution in [3.8, 4) is 28.6 Å². The van der Waals surface area contributed by atoms with Crippen LogP contribution in [-0.4, -0.2) is 26.3 Å². The first-order valence-electron chi connectivity index (χ1n) is 8.14. The zero-order valence-corrected chi connectivity index (χ0v) is 15.1. The summed E-state index contributed by atoms with van der Waals surface area (Å²) in [5, 5.41) is 15.6. The summed E-state index contributed by atoms with van der Waals surface area (Å²) in [5.74, 6) is 1.89. The van der Waals surface area contributed by atoms with Crippen molar-refractivity contribution in [3.63, 3.8) is 0 Å². The number of esters is 1. The van der Waals surface area contributed by atoms with Gasteiger partial charge in [-0.05, 0) is 35.7 Å². The van der Waals surface area contributed by atoms with Crippen LogP contribution in [0.5, 0.6) is 5.75 Å². The molecular formula is C18H14N4O4S. The summed E-state index contributed by atoms with van der Waals surface area (Å²) in [7, 11) is 0. The number of carbonyl (C=O) groups is 1. The van der Waals surface area contributed by atoms with Crippen molar-refractivity contribution in [3.05, 3.63) is 52.9 Å². The van der Waals surface area contributed by atoms with Crippen LogP contribution in [0.15, 0.2) is 50.0 Å². The van der Waals surface area contributed by atoms with Crippen LogP contribution >= 0.6 is 11.3 Å². The quantitative estimate of drug-likeness (QED) is 0.367. The van der Waals surface area contributed by atoms with Gasteiger partial charge in [-0.1, -0.05) is 5.16 Å². The summed E-state index contributed by atoms with van der Waals surface area (Å²) in [6, 6.07) is 8.78. The first-order valence-corrected chi connectivity index (χ1v) is 9.08. The lowest BCUT2D eigenvalue weighted by atomic mass is 10.2. The number of aryl methyl sites for hydroxylation is 2. The fourth-order valence-corrected chi connectivity index (χ4v) is 2.97. The van der Waals surface area contributed by atoms with E-state index in [1.54, 1.807) is 42.5 Å². The molecular weight excluding hydrogens is 368 g/mol. The third kappa shape index (κ3) is 4.09. The van der Waals surface area contributed by atoms with Crippen LogP contribution in [0.1, 0.15) is 18.2 Å². The van der Waals surface area contributed by atoms with E-state index in [-0.39, 0.29) is 12.4 Å². The highest BCUT2D eigenvalue weighted by atomic mass is 32.1. The fourth-order valence-electron chi connectivity index (χ4n) is 2.34. The number of nitrogens with zero attached hydrogens (tertiary/aromatic N) is 4. The second-order valence-electron chi connectivity index (χ2n) is 5.65. The molecule has 136 valence electrons. The third-order valence-corrected chi connectivity index (χ3v) is 4.33. The smallest absolute Gasteiger partial charge is 0.311 e. The molecule has 0 unspecified atom stereocenters. The summed E-state index contributed by atoms with van der Waals surface area (Å²) in [5.41, 5.74) is 1.65. The molecule has 0 saturated heterocycles. The Morgan fingerprint density at radius 3 is 2.70 bits per heavy atom. The number of hydrogen-bond acceptors (Lipinski definition) is 9. The van der Waals surface area contributed by atoms with Crippen LogP contribution in [0.2, 0.25) is 0 Å². The molecule has 3 heterocycles. The second-order valence-corrected chi connectivity index (χ2v) is 6.43. The maximum absolute atomic E-state index is 12.0. The van der Waals surface area contributed by atoms with E-state index in [0.29, 0.717) is 35.7 Å². The van der Waals surface area contributed by atoms with E-state index in [1.807, 2.05) is 16.8 Å². The predicted molar refractivity (Wildman–Crippen MR) is 96.0 cm³/mol. The Bertz CT molecular complexity index is 1040. The largest absolute Gasteiger partial charge is 0.427 e. The zero-order chi connectivity index (χ0) is 18.6. The van der Waals surface area contributed by atoms with E-state index < -0.39 is 0 Å². The Kier molecular flexibility index (Phi) is 4.75. The highest BCUT2D eigenvalue weighted by molar-refractivity contribution is 7.08. The molecule has 0 aliphatic carbocycles. The molecule has 0 N–H and O–H groups in total. The number of benzene rings is 1. The molecule has 3 aromatic heterocycles. The van der Waals surface area contributed by atoms with Crippen LogP contribution in [0, 0.1) is 6.92 Å². The molecule has 0 bridgehead atoms. The summed E-state index contributed by atoms with van der Waals surface area (Å²) in [6.07, 6.45) is 0.452.